The molecule has 1 aromatic carbocycles. The third-order valence-corrected chi connectivity index (χ3v) is 6.53. The van der Waals surface area contributed by atoms with E-state index < -0.39 is 5.97 Å². The number of ether oxygens (including phenoxy) is 1. The summed E-state index contributed by atoms with van der Waals surface area (Å²) in [5, 5.41) is 6.12. The molecule has 2 N–H and O–H groups in total. The topological polar surface area (TPSA) is 67.4 Å². The third-order valence-electron chi connectivity index (χ3n) is 6.33. The van der Waals surface area contributed by atoms with Gasteiger partial charge < -0.3 is 15.4 Å². The number of thiocarbonyl (C=S) groups is 1. The summed E-state index contributed by atoms with van der Waals surface area (Å²) >= 11 is 5.35. The van der Waals surface area contributed by atoms with Gasteiger partial charge in [0.15, 0.2) is 5.11 Å². The van der Waals surface area contributed by atoms with Crippen LogP contribution in [0.3, 0.4) is 0 Å². The van der Waals surface area contributed by atoms with E-state index in [2.05, 4.69) is 10.6 Å². The van der Waals surface area contributed by atoms with Crippen LogP contribution < -0.4 is 10.6 Å². The van der Waals surface area contributed by atoms with Crippen LogP contribution in [-0.4, -0.2) is 24.1 Å². The Hall–Kier alpha value is -1.95. The maximum Gasteiger partial charge on any atom is 0.339 e. The van der Waals surface area contributed by atoms with Gasteiger partial charge in [-0.3, -0.25) is 4.79 Å². The Morgan fingerprint density at radius 1 is 1.08 bits per heavy atom. The van der Waals surface area contributed by atoms with Crippen molar-refractivity contribution in [1.29, 1.82) is 0 Å². The van der Waals surface area contributed by atoms with Gasteiger partial charge in [0.1, 0.15) is 0 Å². The molecule has 6 heteroatoms. The predicted molar refractivity (Wildman–Crippen MR) is 103 cm³/mol. The van der Waals surface area contributed by atoms with E-state index in [9.17, 15) is 9.59 Å². The molecule has 4 aliphatic rings. The molecule has 4 saturated carbocycles. The number of para-hydroxylation sites is 1. The van der Waals surface area contributed by atoms with Crippen LogP contribution in [0.5, 0.6) is 0 Å². The highest BCUT2D eigenvalue weighted by molar-refractivity contribution is 7.80. The SMILES string of the molecule is COC(=O)c1ccccc1NC(=S)NC(=O)C12CC3CC(CC(C3)C1)C2. The van der Waals surface area contributed by atoms with E-state index >= 15 is 0 Å². The van der Waals surface area contributed by atoms with Gasteiger partial charge in [-0.05, 0) is 80.6 Å². The number of nitrogens with one attached hydrogen (secondary N) is 2. The number of methoxy groups -OCH3 is 1. The zero-order chi connectivity index (χ0) is 18.3. The van der Waals surface area contributed by atoms with Gasteiger partial charge in [-0.15, -0.1) is 0 Å². The van der Waals surface area contributed by atoms with Gasteiger partial charge in [-0.2, -0.15) is 0 Å². The first-order valence-electron chi connectivity index (χ1n) is 9.29. The van der Waals surface area contributed by atoms with Crippen molar-refractivity contribution in [1.82, 2.24) is 5.32 Å². The number of carbonyl (C=O) groups excluding carboxylic acids is 2. The van der Waals surface area contributed by atoms with E-state index in [0.717, 1.165) is 19.3 Å². The smallest absolute Gasteiger partial charge is 0.339 e. The summed E-state index contributed by atoms with van der Waals surface area (Å²) in [5.74, 6) is 1.71. The van der Waals surface area contributed by atoms with Crippen LogP contribution in [0.1, 0.15) is 48.9 Å². The fourth-order valence-electron chi connectivity index (χ4n) is 5.66. The van der Waals surface area contributed by atoms with Crippen molar-refractivity contribution in [2.24, 2.45) is 23.2 Å². The lowest BCUT2D eigenvalue weighted by atomic mass is 9.49. The lowest BCUT2D eigenvalue weighted by Gasteiger charge is -2.55. The molecule has 0 aromatic heterocycles. The van der Waals surface area contributed by atoms with Gasteiger partial charge in [0.25, 0.3) is 0 Å². The largest absolute Gasteiger partial charge is 0.465 e. The number of benzene rings is 1. The van der Waals surface area contributed by atoms with Gasteiger partial charge in [-0.1, -0.05) is 12.1 Å². The van der Waals surface area contributed by atoms with Crippen LogP contribution in [0.25, 0.3) is 0 Å². The van der Waals surface area contributed by atoms with E-state index in [-0.39, 0.29) is 16.4 Å². The first-order chi connectivity index (χ1) is 12.5. The molecule has 5 rings (SSSR count). The minimum Gasteiger partial charge on any atom is -0.465 e. The van der Waals surface area contributed by atoms with Crippen LogP contribution in [0.2, 0.25) is 0 Å². The average Bonchev–Trinajstić information content (AvgIpc) is 2.60. The summed E-state index contributed by atoms with van der Waals surface area (Å²) in [4.78, 5) is 24.9. The van der Waals surface area contributed by atoms with Crippen LogP contribution in [0, 0.1) is 23.2 Å². The molecule has 138 valence electrons. The highest BCUT2D eigenvalue weighted by Gasteiger charge is 2.54. The lowest BCUT2D eigenvalue weighted by molar-refractivity contribution is -0.144. The number of amides is 1. The molecule has 4 bridgehead atoms. The number of carbonyl (C=O) groups is 2. The molecule has 1 amide bonds. The Morgan fingerprint density at radius 2 is 1.65 bits per heavy atom. The summed E-state index contributed by atoms with van der Waals surface area (Å²) in [6.45, 7) is 0. The molecule has 0 aliphatic heterocycles. The Balaban J connectivity index is 1.44. The molecule has 0 radical (unpaired) electrons. The number of hydrogen-bond acceptors (Lipinski definition) is 4. The molecule has 4 aliphatic carbocycles. The molecule has 1 aromatic rings. The molecular weight excluding hydrogens is 348 g/mol. The van der Waals surface area contributed by atoms with Crippen molar-refractivity contribution in [3.8, 4) is 0 Å². The van der Waals surface area contributed by atoms with Crippen LogP contribution in [0.4, 0.5) is 5.69 Å². The molecular formula is C20H24N2O3S. The van der Waals surface area contributed by atoms with Crippen LogP contribution in [-0.2, 0) is 9.53 Å². The monoisotopic (exact) mass is 372 g/mol. The van der Waals surface area contributed by atoms with Crippen molar-refractivity contribution in [3.05, 3.63) is 29.8 Å². The van der Waals surface area contributed by atoms with E-state index in [0.29, 0.717) is 29.0 Å². The fourth-order valence-corrected chi connectivity index (χ4v) is 5.86. The molecule has 0 saturated heterocycles. The summed E-state index contributed by atoms with van der Waals surface area (Å²) in [6, 6.07) is 6.97. The van der Waals surface area contributed by atoms with Crippen molar-refractivity contribution in [3.63, 3.8) is 0 Å². The number of hydrogen-bond donors (Lipinski definition) is 2. The first-order valence-corrected chi connectivity index (χ1v) is 9.70. The highest BCUT2D eigenvalue weighted by atomic mass is 32.1. The minimum atomic E-state index is -0.441. The van der Waals surface area contributed by atoms with E-state index in [1.54, 1.807) is 24.3 Å². The van der Waals surface area contributed by atoms with Crippen molar-refractivity contribution in [2.45, 2.75) is 38.5 Å². The maximum atomic E-state index is 13.0. The first kappa shape index (κ1) is 17.5. The van der Waals surface area contributed by atoms with E-state index in [4.69, 9.17) is 17.0 Å². The predicted octanol–water partition coefficient (Wildman–Crippen LogP) is 3.50. The molecule has 0 heterocycles. The second-order valence-electron chi connectivity index (χ2n) is 8.14. The van der Waals surface area contributed by atoms with Gasteiger partial charge in [0, 0.05) is 0 Å². The van der Waals surface area contributed by atoms with Gasteiger partial charge in [-0.25, -0.2) is 4.79 Å². The van der Waals surface area contributed by atoms with Gasteiger partial charge in [0.05, 0.1) is 23.8 Å². The van der Waals surface area contributed by atoms with E-state index in [1.807, 2.05) is 0 Å². The molecule has 0 spiro atoms. The lowest BCUT2D eigenvalue weighted by Crippen LogP contribution is -2.55. The van der Waals surface area contributed by atoms with Crippen LogP contribution in [0.15, 0.2) is 24.3 Å². The van der Waals surface area contributed by atoms with Crippen molar-refractivity contribution in [2.75, 3.05) is 12.4 Å². The van der Waals surface area contributed by atoms with Crippen molar-refractivity contribution >= 4 is 34.9 Å². The summed E-state index contributed by atoms with van der Waals surface area (Å²) in [7, 11) is 1.34. The molecule has 0 unspecified atom stereocenters. The second kappa shape index (κ2) is 6.65. The standard InChI is InChI=1S/C20H24N2O3S/c1-25-17(23)15-4-2-3-5-16(15)21-19(26)22-18(24)20-9-12-6-13(10-20)8-14(7-12)11-20/h2-5,12-14H,6-11H2,1H3,(H2,21,22,24,26). The Kier molecular flexibility index (Phi) is 4.47. The van der Waals surface area contributed by atoms with E-state index in [1.165, 1.54) is 26.4 Å². The number of anilines is 1. The summed E-state index contributed by atoms with van der Waals surface area (Å²) < 4.78 is 4.79. The third kappa shape index (κ3) is 3.11. The normalized spacial score (nSPS) is 31.3. The minimum absolute atomic E-state index is 0.0460. The highest BCUT2D eigenvalue weighted by Crippen LogP contribution is 2.60. The zero-order valence-corrected chi connectivity index (χ0v) is 15.7. The number of esters is 1. The summed E-state index contributed by atoms with van der Waals surface area (Å²) in [5.41, 5.74) is 0.680. The average molecular weight is 372 g/mol. The Bertz CT molecular complexity index is 726. The maximum absolute atomic E-state index is 13.0. The molecule has 0 atom stereocenters. The van der Waals surface area contributed by atoms with Gasteiger partial charge in [0.2, 0.25) is 5.91 Å². The molecule has 4 fully saturated rings. The molecule has 26 heavy (non-hydrogen) atoms. The van der Waals surface area contributed by atoms with Crippen molar-refractivity contribution < 1.29 is 14.3 Å². The number of rotatable bonds is 3. The quantitative estimate of drug-likeness (QED) is 0.628. The fraction of sp³-hybridized carbons (Fsp3) is 0.550. The van der Waals surface area contributed by atoms with Gasteiger partial charge >= 0.3 is 5.97 Å². The Morgan fingerprint density at radius 3 is 2.23 bits per heavy atom. The zero-order valence-electron chi connectivity index (χ0n) is 14.9. The Labute approximate surface area is 158 Å². The molecule has 5 nitrogen and oxygen atoms in total. The summed E-state index contributed by atoms with van der Waals surface area (Å²) in [6.07, 6.45) is 6.86. The van der Waals surface area contributed by atoms with Crippen LogP contribution >= 0.6 is 12.2 Å². The second-order valence-corrected chi connectivity index (χ2v) is 8.55.